The van der Waals surface area contributed by atoms with E-state index >= 15 is 0 Å². The Bertz CT molecular complexity index is 495. The van der Waals surface area contributed by atoms with Gasteiger partial charge in [0.05, 0.1) is 0 Å². The third-order valence-electron chi connectivity index (χ3n) is 1.98. The second-order valence-electron chi connectivity index (χ2n) is 3.59. The molecule has 1 aromatic rings. The van der Waals surface area contributed by atoms with Crippen LogP contribution in [0.2, 0.25) is 0 Å². The standard InChI is InChI=1S/C10H14N2O3S/c1-8-5-4-6-9(7-8)10(13)11-16(14,15)12(2)3/h4-7H,1-3H3,(H,11,13). The molecule has 16 heavy (non-hydrogen) atoms. The van der Waals surface area contributed by atoms with Crippen LogP contribution in [-0.2, 0) is 10.2 Å². The third kappa shape index (κ3) is 3.04. The molecule has 5 nitrogen and oxygen atoms in total. The van der Waals surface area contributed by atoms with Crippen molar-refractivity contribution >= 4 is 16.1 Å². The Morgan fingerprint density at radius 2 is 1.94 bits per heavy atom. The van der Waals surface area contributed by atoms with Gasteiger partial charge in [0.2, 0.25) is 0 Å². The molecule has 6 heteroatoms. The summed E-state index contributed by atoms with van der Waals surface area (Å²) >= 11 is 0. The van der Waals surface area contributed by atoms with Gasteiger partial charge >= 0.3 is 10.2 Å². The van der Waals surface area contributed by atoms with Gasteiger partial charge in [0.25, 0.3) is 5.91 Å². The molecule has 88 valence electrons. The molecule has 0 atom stereocenters. The molecular weight excluding hydrogens is 228 g/mol. The number of hydrogen-bond acceptors (Lipinski definition) is 3. The quantitative estimate of drug-likeness (QED) is 0.840. The van der Waals surface area contributed by atoms with E-state index in [2.05, 4.69) is 0 Å². The van der Waals surface area contributed by atoms with E-state index in [0.717, 1.165) is 9.87 Å². The Morgan fingerprint density at radius 3 is 2.44 bits per heavy atom. The van der Waals surface area contributed by atoms with Gasteiger partial charge in [-0.2, -0.15) is 12.7 Å². The largest absolute Gasteiger partial charge is 0.303 e. The molecule has 0 aromatic heterocycles. The predicted molar refractivity (Wildman–Crippen MR) is 61.3 cm³/mol. The average molecular weight is 242 g/mol. The van der Waals surface area contributed by atoms with Crippen molar-refractivity contribution < 1.29 is 13.2 Å². The maximum Gasteiger partial charge on any atom is 0.303 e. The van der Waals surface area contributed by atoms with Crippen LogP contribution in [0, 0.1) is 6.92 Å². The smallest absolute Gasteiger partial charge is 0.268 e. The molecule has 0 fully saturated rings. The van der Waals surface area contributed by atoms with Crippen LogP contribution in [0.4, 0.5) is 0 Å². The first-order valence-corrected chi connectivity index (χ1v) is 6.08. The second kappa shape index (κ2) is 4.63. The molecule has 0 saturated carbocycles. The van der Waals surface area contributed by atoms with Crippen molar-refractivity contribution in [3.8, 4) is 0 Å². The molecule has 1 N–H and O–H groups in total. The fourth-order valence-corrected chi connectivity index (χ4v) is 1.59. The maximum atomic E-state index is 11.6. The summed E-state index contributed by atoms with van der Waals surface area (Å²) in [5, 5.41) is 0. The lowest BCUT2D eigenvalue weighted by Gasteiger charge is -2.12. The highest BCUT2D eigenvalue weighted by molar-refractivity contribution is 7.87. The molecule has 0 unspecified atom stereocenters. The zero-order chi connectivity index (χ0) is 12.3. The number of aryl methyl sites for hydroxylation is 1. The van der Waals surface area contributed by atoms with E-state index < -0.39 is 16.1 Å². The lowest BCUT2D eigenvalue weighted by Crippen LogP contribution is -2.39. The highest BCUT2D eigenvalue weighted by Crippen LogP contribution is 2.04. The van der Waals surface area contributed by atoms with E-state index in [1.807, 2.05) is 17.7 Å². The van der Waals surface area contributed by atoms with Gasteiger partial charge in [0, 0.05) is 19.7 Å². The van der Waals surface area contributed by atoms with Crippen LogP contribution in [0.3, 0.4) is 0 Å². The first-order valence-electron chi connectivity index (χ1n) is 4.64. The number of nitrogens with zero attached hydrogens (tertiary/aromatic N) is 1. The monoisotopic (exact) mass is 242 g/mol. The fraction of sp³-hybridized carbons (Fsp3) is 0.300. The number of benzene rings is 1. The molecule has 0 aliphatic heterocycles. The third-order valence-corrected chi connectivity index (χ3v) is 3.39. The summed E-state index contributed by atoms with van der Waals surface area (Å²) in [6, 6.07) is 6.72. The van der Waals surface area contributed by atoms with Crippen molar-refractivity contribution in [2.24, 2.45) is 0 Å². The Labute approximate surface area is 95.3 Å². The molecule has 0 saturated heterocycles. The molecule has 0 spiro atoms. The topological polar surface area (TPSA) is 66.5 Å². The molecule has 1 amide bonds. The van der Waals surface area contributed by atoms with Gasteiger partial charge in [0.1, 0.15) is 0 Å². The number of carbonyl (C=O) groups excluding carboxylic acids is 1. The number of rotatable bonds is 3. The second-order valence-corrected chi connectivity index (χ2v) is 5.47. The Balaban J connectivity index is 2.90. The van der Waals surface area contributed by atoms with E-state index in [1.54, 1.807) is 18.2 Å². The van der Waals surface area contributed by atoms with Crippen molar-refractivity contribution in [1.29, 1.82) is 0 Å². The number of carbonyl (C=O) groups is 1. The van der Waals surface area contributed by atoms with Gasteiger partial charge in [-0.3, -0.25) is 4.79 Å². The van der Waals surface area contributed by atoms with E-state index in [1.165, 1.54) is 14.1 Å². The summed E-state index contributed by atoms with van der Waals surface area (Å²) in [6.45, 7) is 1.83. The zero-order valence-electron chi connectivity index (χ0n) is 9.39. The van der Waals surface area contributed by atoms with E-state index in [4.69, 9.17) is 0 Å². The van der Waals surface area contributed by atoms with Crippen molar-refractivity contribution in [3.63, 3.8) is 0 Å². The predicted octanol–water partition coefficient (Wildman–Crippen LogP) is 0.531. The van der Waals surface area contributed by atoms with Crippen LogP contribution >= 0.6 is 0 Å². The molecule has 1 aromatic carbocycles. The number of nitrogens with one attached hydrogen (secondary N) is 1. The Hall–Kier alpha value is -1.40. The van der Waals surface area contributed by atoms with Gasteiger partial charge in [-0.1, -0.05) is 17.7 Å². The summed E-state index contributed by atoms with van der Waals surface area (Å²) < 4.78 is 25.7. The van der Waals surface area contributed by atoms with Crippen LogP contribution in [0.5, 0.6) is 0 Å². The lowest BCUT2D eigenvalue weighted by molar-refractivity contribution is 0.0979. The molecular formula is C10H14N2O3S. The molecule has 0 bridgehead atoms. The normalized spacial score (nSPS) is 11.5. The van der Waals surface area contributed by atoms with E-state index in [9.17, 15) is 13.2 Å². The average Bonchev–Trinajstić information content (AvgIpc) is 2.16. The van der Waals surface area contributed by atoms with Crippen molar-refractivity contribution in [1.82, 2.24) is 9.03 Å². The van der Waals surface area contributed by atoms with Gasteiger partial charge < -0.3 is 0 Å². The van der Waals surface area contributed by atoms with Crippen LogP contribution in [-0.4, -0.2) is 32.7 Å². The first kappa shape index (κ1) is 12.7. The van der Waals surface area contributed by atoms with Gasteiger partial charge in [-0.15, -0.1) is 0 Å². The van der Waals surface area contributed by atoms with Crippen LogP contribution in [0.25, 0.3) is 0 Å². The highest BCUT2D eigenvalue weighted by atomic mass is 32.2. The fourth-order valence-electron chi connectivity index (χ4n) is 1.05. The lowest BCUT2D eigenvalue weighted by atomic mass is 10.1. The minimum Gasteiger partial charge on any atom is -0.268 e. The van der Waals surface area contributed by atoms with Gasteiger partial charge in [0.15, 0.2) is 0 Å². The van der Waals surface area contributed by atoms with Crippen LogP contribution < -0.4 is 4.72 Å². The van der Waals surface area contributed by atoms with Crippen molar-refractivity contribution in [2.45, 2.75) is 6.92 Å². The summed E-state index contributed by atoms with van der Waals surface area (Å²) in [7, 11) is -1.02. The SMILES string of the molecule is Cc1cccc(C(=O)NS(=O)(=O)N(C)C)c1. The molecule has 0 radical (unpaired) electrons. The van der Waals surface area contributed by atoms with Crippen LogP contribution in [0.15, 0.2) is 24.3 Å². The minimum absolute atomic E-state index is 0.324. The molecule has 0 heterocycles. The van der Waals surface area contributed by atoms with Crippen molar-refractivity contribution in [2.75, 3.05) is 14.1 Å². The Kier molecular flexibility index (Phi) is 3.66. The molecule has 0 aliphatic carbocycles. The first-order chi connectivity index (χ1) is 7.33. The summed E-state index contributed by atoms with van der Waals surface area (Å²) in [5.41, 5.74) is 1.22. The summed E-state index contributed by atoms with van der Waals surface area (Å²) in [4.78, 5) is 11.6. The molecule has 0 aliphatic rings. The van der Waals surface area contributed by atoms with E-state index in [-0.39, 0.29) is 0 Å². The van der Waals surface area contributed by atoms with Gasteiger partial charge in [-0.05, 0) is 19.1 Å². The minimum atomic E-state index is -3.72. The number of amides is 1. The summed E-state index contributed by atoms with van der Waals surface area (Å²) in [5.74, 6) is -0.627. The maximum absolute atomic E-state index is 11.6. The summed E-state index contributed by atoms with van der Waals surface area (Å²) in [6.07, 6.45) is 0. The zero-order valence-corrected chi connectivity index (χ0v) is 10.2. The van der Waals surface area contributed by atoms with Crippen molar-refractivity contribution in [3.05, 3.63) is 35.4 Å². The Morgan fingerprint density at radius 1 is 1.31 bits per heavy atom. The van der Waals surface area contributed by atoms with Gasteiger partial charge in [-0.25, -0.2) is 4.72 Å². The number of hydrogen-bond donors (Lipinski definition) is 1. The molecule has 1 rings (SSSR count). The highest BCUT2D eigenvalue weighted by Gasteiger charge is 2.17. The van der Waals surface area contributed by atoms with E-state index in [0.29, 0.717) is 5.56 Å². The van der Waals surface area contributed by atoms with Crippen LogP contribution in [0.1, 0.15) is 15.9 Å².